The molecule has 0 aliphatic rings. The van der Waals surface area contributed by atoms with E-state index < -0.39 is 5.97 Å². The monoisotopic (exact) mass is 320 g/mol. The molecule has 4 nitrogen and oxygen atoms in total. The van der Waals surface area contributed by atoms with Crippen molar-refractivity contribution in [1.82, 2.24) is 9.97 Å². The Morgan fingerprint density at radius 1 is 1.26 bits per heavy atom. The Hall–Kier alpha value is -1.75. The summed E-state index contributed by atoms with van der Waals surface area (Å²) < 4.78 is 0.962. The molecule has 1 heterocycles. The van der Waals surface area contributed by atoms with Gasteiger partial charge in [-0.2, -0.15) is 0 Å². The Bertz CT molecular complexity index is 641. The van der Waals surface area contributed by atoms with Crippen molar-refractivity contribution in [3.8, 4) is 11.3 Å². The summed E-state index contributed by atoms with van der Waals surface area (Å²) >= 11 is 3.43. The average Bonchev–Trinajstić information content (AvgIpc) is 2.30. The smallest absolute Gasteiger partial charge is 0.311 e. The van der Waals surface area contributed by atoms with Gasteiger partial charge in [0.15, 0.2) is 0 Å². The molecule has 0 radical (unpaired) electrons. The fourth-order valence-corrected chi connectivity index (χ4v) is 2.21. The highest BCUT2D eigenvalue weighted by atomic mass is 79.9. The lowest BCUT2D eigenvalue weighted by molar-refractivity contribution is -0.136. The zero-order valence-electron chi connectivity index (χ0n) is 10.6. The highest BCUT2D eigenvalue weighted by molar-refractivity contribution is 9.10. The molecule has 1 aromatic carbocycles. The maximum atomic E-state index is 10.8. The van der Waals surface area contributed by atoms with E-state index in [-0.39, 0.29) is 6.42 Å². The molecule has 0 saturated heterocycles. The number of halogens is 1. The van der Waals surface area contributed by atoms with E-state index in [1.807, 2.05) is 38.1 Å². The van der Waals surface area contributed by atoms with Gasteiger partial charge in [-0.1, -0.05) is 22.0 Å². The first kappa shape index (κ1) is 13.7. The molecule has 98 valence electrons. The van der Waals surface area contributed by atoms with Crippen LogP contribution in [0, 0.1) is 13.8 Å². The van der Waals surface area contributed by atoms with Gasteiger partial charge in [-0.05, 0) is 37.6 Å². The molecule has 0 atom stereocenters. The lowest BCUT2D eigenvalue weighted by Gasteiger charge is -2.08. The van der Waals surface area contributed by atoms with Crippen LogP contribution in [-0.4, -0.2) is 21.0 Å². The third-order valence-electron chi connectivity index (χ3n) is 2.69. The lowest BCUT2D eigenvalue weighted by atomic mass is 10.1. The van der Waals surface area contributed by atoms with Gasteiger partial charge < -0.3 is 5.11 Å². The van der Waals surface area contributed by atoms with E-state index in [0.29, 0.717) is 5.82 Å². The van der Waals surface area contributed by atoms with E-state index in [4.69, 9.17) is 5.11 Å². The molecule has 19 heavy (non-hydrogen) atoms. The quantitative estimate of drug-likeness (QED) is 0.943. The molecule has 0 bridgehead atoms. The molecular weight excluding hydrogens is 308 g/mol. The summed E-state index contributed by atoms with van der Waals surface area (Å²) in [6, 6.07) is 7.79. The topological polar surface area (TPSA) is 63.1 Å². The van der Waals surface area contributed by atoms with Gasteiger partial charge in [-0.3, -0.25) is 4.79 Å². The summed E-state index contributed by atoms with van der Waals surface area (Å²) in [4.78, 5) is 19.2. The number of aromatic nitrogens is 2. The fraction of sp³-hybridized carbons (Fsp3) is 0.214. The van der Waals surface area contributed by atoms with Crippen molar-refractivity contribution in [3.63, 3.8) is 0 Å². The summed E-state index contributed by atoms with van der Waals surface area (Å²) in [5.74, 6) is -0.593. The SMILES string of the molecule is Cc1cc(-c2cc(Br)ccc2C)nc(CC(=O)O)n1. The van der Waals surface area contributed by atoms with Crippen molar-refractivity contribution in [1.29, 1.82) is 0 Å². The number of carboxylic acid groups (broad SMARTS) is 1. The number of benzene rings is 1. The third kappa shape index (κ3) is 3.38. The molecule has 0 spiro atoms. The number of hydrogen-bond acceptors (Lipinski definition) is 3. The minimum absolute atomic E-state index is 0.165. The molecule has 0 saturated carbocycles. The first-order chi connectivity index (χ1) is 8.95. The van der Waals surface area contributed by atoms with Crippen LogP contribution in [0.1, 0.15) is 17.1 Å². The van der Waals surface area contributed by atoms with Crippen molar-refractivity contribution < 1.29 is 9.90 Å². The fourth-order valence-electron chi connectivity index (χ4n) is 1.85. The molecule has 0 fully saturated rings. The van der Waals surface area contributed by atoms with E-state index in [1.165, 1.54) is 0 Å². The first-order valence-corrected chi connectivity index (χ1v) is 6.58. The number of aliphatic carboxylic acids is 1. The van der Waals surface area contributed by atoms with Gasteiger partial charge in [0, 0.05) is 15.7 Å². The van der Waals surface area contributed by atoms with Gasteiger partial charge in [0.2, 0.25) is 0 Å². The molecule has 0 unspecified atom stereocenters. The van der Waals surface area contributed by atoms with Crippen LogP contribution in [0.2, 0.25) is 0 Å². The second kappa shape index (κ2) is 5.48. The summed E-state index contributed by atoms with van der Waals surface area (Å²) in [6.45, 7) is 3.83. The van der Waals surface area contributed by atoms with E-state index in [0.717, 1.165) is 27.0 Å². The van der Waals surface area contributed by atoms with Crippen LogP contribution in [0.4, 0.5) is 0 Å². The molecule has 2 aromatic rings. The third-order valence-corrected chi connectivity index (χ3v) is 3.18. The Labute approximate surface area is 119 Å². The van der Waals surface area contributed by atoms with Crippen LogP contribution in [0.3, 0.4) is 0 Å². The van der Waals surface area contributed by atoms with Crippen molar-refractivity contribution in [2.24, 2.45) is 0 Å². The van der Waals surface area contributed by atoms with Crippen LogP contribution in [-0.2, 0) is 11.2 Å². The van der Waals surface area contributed by atoms with Gasteiger partial charge in [0.05, 0.1) is 5.69 Å². The van der Waals surface area contributed by atoms with E-state index in [2.05, 4.69) is 25.9 Å². The zero-order chi connectivity index (χ0) is 14.0. The van der Waals surface area contributed by atoms with Gasteiger partial charge >= 0.3 is 5.97 Å². The minimum Gasteiger partial charge on any atom is -0.481 e. The normalized spacial score (nSPS) is 10.5. The summed E-state index contributed by atoms with van der Waals surface area (Å²) in [6.07, 6.45) is -0.165. The second-order valence-corrected chi connectivity index (χ2v) is 5.26. The lowest BCUT2D eigenvalue weighted by Crippen LogP contribution is -2.06. The zero-order valence-corrected chi connectivity index (χ0v) is 12.2. The Balaban J connectivity index is 2.52. The predicted octanol–water partition coefficient (Wildman–Crippen LogP) is 3.15. The number of carbonyl (C=O) groups is 1. The molecule has 0 amide bonds. The van der Waals surface area contributed by atoms with Crippen LogP contribution < -0.4 is 0 Å². The maximum Gasteiger partial charge on any atom is 0.311 e. The van der Waals surface area contributed by atoms with Crippen LogP contribution in [0.5, 0.6) is 0 Å². The molecule has 1 aromatic heterocycles. The molecule has 1 N–H and O–H groups in total. The van der Waals surface area contributed by atoms with E-state index >= 15 is 0 Å². The highest BCUT2D eigenvalue weighted by Gasteiger charge is 2.10. The van der Waals surface area contributed by atoms with Crippen molar-refractivity contribution in [2.45, 2.75) is 20.3 Å². The molecule has 0 aliphatic carbocycles. The minimum atomic E-state index is -0.928. The number of rotatable bonds is 3. The summed E-state index contributed by atoms with van der Waals surface area (Å²) in [7, 11) is 0. The van der Waals surface area contributed by atoms with Gasteiger partial charge in [0.25, 0.3) is 0 Å². The molecule has 2 rings (SSSR count). The second-order valence-electron chi connectivity index (χ2n) is 4.34. The summed E-state index contributed by atoms with van der Waals surface area (Å²) in [5.41, 5.74) is 3.58. The molecule has 5 heteroatoms. The maximum absolute atomic E-state index is 10.8. The standard InChI is InChI=1S/C14H13BrN2O2/c1-8-3-4-10(15)6-11(8)12-5-9(2)16-13(17-12)7-14(18)19/h3-6H,7H2,1-2H3,(H,18,19). The van der Waals surface area contributed by atoms with E-state index in [1.54, 1.807) is 0 Å². The summed E-state index contributed by atoms with van der Waals surface area (Å²) in [5, 5.41) is 8.83. The number of aryl methyl sites for hydroxylation is 2. The van der Waals surface area contributed by atoms with Crippen molar-refractivity contribution in [3.05, 3.63) is 45.8 Å². The van der Waals surface area contributed by atoms with Crippen LogP contribution in [0.25, 0.3) is 11.3 Å². The van der Waals surface area contributed by atoms with E-state index in [9.17, 15) is 4.79 Å². The van der Waals surface area contributed by atoms with Crippen molar-refractivity contribution in [2.75, 3.05) is 0 Å². The average molecular weight is 321 g/mol. The van der Waals surface area contributed by atoms with Gasteiger partial charge in [0.1, 0.15) is 12.2 Å². The molecular formula is C14H13BrN2O2. The number of hydrogen-bond donors (Lipinski definition) is 1. The predicted molar refractivity (Wildman–Crippen MR) is 76.0 cm³/mol. The first-order valence-electron chi connectivity index (χ1n) is 5.78. The number of nitrogens with zero attached hydrogens (tertiary/aromatic N) is 2. The number of carboxylic acids is 1. The van der Waals surface area contributed by atoms with Crippen LogP contribution in [0.15, 0.2) is 28.7 Å². The van der Waals surface area contributed by atoms with Crippen molar-refractivity contribution >= 4 is 21.9 Å². The Kier molecular flexibility index (Phi) is 3.95. The molecule has 0 aliphatic heterocycles. The Morgan fingerprint density at radius 3 is 2.68 bits per heavy atom. The largest absolute Gasteiger partial charge is 0.481 e. The van der Waals surface area contributed by atoms with Gasteiger partial charge in [-0.15, -0.1) is 0 Å². The Morgan fingerprint density at radius 2 is 2.00 bits per heavy atom. The van der Waals surface area contributed by atoms with Crippen LogP contribution >= 0.6 is 15.9 Å². The highest BCUT2D eigenvalue weighted by Crippen LogP contribution is 2.25. The van der Waals surface area contributed by atoms with Gasteiger partial charge in [-0.25, -0.2) is 9.97 Å².